The Morgan fingerprint density at radius 1 is 0.903 bits per heavy atom. The van der Waals surface area contributed by atoms with Crippen LogP contribution in [0.3, 0.4) is 0 Å². The summed E-state index contributed by atoms with van der Waals surface area (Å²) in [6, 6.07) is 18.2. The summed E-state index contributed by atoms with van der Waals surface area (Å²) < 4.78 is 41.0. The maximum atomic E-state index is 13.2. The first-order chi connectivity index (χ1) is 14.8. The number of halogens is 2. The fraction of sp³-hybridized carbons (Fsp3) is 0.174. The Morgan fingerprint density at radius 3 is 2.06 bits per heavy atom. The third kappa shape index (κ3) is 6.13. The summed E-state index contributed by atoms with van der Waals surface area (Å²) in [5, 5.41) is 9.50. The molecular weight excluding hydrogens is 441 g/mol. The minimum absolute atomic E-state index is 0.0915. The van der Waals surface area contributed by atoms with Crippen LogP contribution in [0.4, 0.5) is 4.39 Å². The predicted molar refractivity (Wildman–Crippen MR) is 117 cm³/mol. The molecule has 0 spiro atoms. The average molecular weight is 462 g/mol. The smallest absolute Gasteiger partial charge is 0.335 e. The Balaban J connectivity index is 1.80. The molecule has 0 aliphatic carbocycles. The molecule has 0 amide bonds. The van der Waals surface area contributed by atoms with Gasteiger partial charge in [-0.05, 0) is 72.5 Å². The monoisotopic (exact) mass is 461 g/mol. The highest BCUT2D eigenvalue weighted by molar-refractivity contribution is 7.89. The minimum atomic E-state index is -3.81. The predicted octanol–water partition coefficient (Wildman–Crippen LogP) is 5.00. The van der Waals surface area contributed by atoms with Crippen molar-refractivity contribution >= 4 is 27.6 Å². The van der Waals surface area contributed by atoms with Crippen LogP contribution in [0.25, 0.3) is 0 Å². The van der Waals surface area contributed by atoms with E-state index in [1.165, 1.54) is 52.8 Å². The summed E-state index contributed by atoms with van der Waals surface area (Å²) in [5.41, 5.74) is 1.72. The van der Waals surface area contributed by atoms with Gasteiger partial charge in [0.2, 0.25) is 10.0 Å². The van der Waals surface area contributed by atoms with E-state index in [2.05, 4.69) is 0 Å². The molecule has 0 aliphatic rings. The molecular formula is C23H21ClFNO4S. The molecule has 5 nitrogen and oxygen atoms in total. The number of hydrogen-bond donors (Lipinski definition) is 1. The number of nitrogens with zero attached hydrogens (tertiary/aromatic N) is 1. The molecule has 0 unspecified atom stereocenters. The van der Waals surface area contributed by atoms with E-state index in [1.54, 1.807) is 24.3 Å². The van der Waals surface area contributed by atoms with Gasteiger partial charge >= 0.3 is 5.97 Å². The molecule has 0 heterocycles. The van der Waals surface area contributed by atoms with Gasteiger partial charge in [-0.3, -0.25) is 0 Å². The zero-order valence-electron chi connectivity index (χ0n) is 16.5. The van der Waals surface area contributed by atoms with Crippen LogP contribution in [0.1, 0.15) is 27.9 Å². The van der Waals surface area contributed by atoms with Gasteiger partial charge in [-0.2, -0.15) is 4.31 Å². The molecule has 0 fully saturated rings. The number of carbonyl (C=O) groups is 1. The van der Waals surface area contributed by atoms with Gasteiger partial charge in [0.1, 0.15) is 5.82 Å². The molecule has 0 saturated carbocycles. The van der Waals surface area contributed by atoms with Gasteiger partial charge in [0.05, 0.1) is 10.5 Å². The van der Waals surface area contributed by atoms with Crippen molar-refractivity contribution in [3.63, 3.8) is 0 Å². The lowest BCUT2D eigenvalue weighted by Crippen LogP contribution is -2.32. The summed E-state index contributed by atoms with van der Waals surface area (Å²) in [6.45, 7) is 0.331. The highest BCUT2D eigenvalue weighted by Gasteiger charge is 2.24. The van der Waals surface area contributed by atoms with Gasteiger partial charge in [0.15, 0.2) is 0 Å². The highest BCUT2D eigenvalue weighted by Crippen LogP contribution is 2.22. The van der Waals surface area contributed by atoms with Crippen LogP contribution in [0, 0.1) is 5.82 Å². The Bertz CT molecular complexity index is 1130. The topological polar surface area (TPSA) is 74.7 Å². The van der Waals surface area contributed by atoms with Crippen LogP contribution in [-0.2, 0) is 23.0 Å². The van der Waals surface area contributed by atoms with Gasteiger partial charge < -0.3 is 5.11 Å². The first kappa shape index (κ1) is 22.9. The lowest BCUT2D eigenvalue weighted by molar-refractivity contribution is 0.0697. The molecule has 0 radical (unpaired) electrons. The van der Waals surface area contributed by atoms with E-state index in [0.29, 0.717) is 23.4 Å². The Hall–Kier alpha value is -2.74. The molecule has 0 bridgehead atoms. The standard InChI is InChI=1S/C23H21ClFNO4S/c24-20-9-13-22(14-10-20)31(29,30)26(15-1-2-17-5-11-21(25)12-6-17)16-18-3-7-19(8-4-18)23(27)28/h3-14H,1-2,15-16H2,(H,27,28). The molecule has 3 aromatic carbocycles. The lowest BCUT2D eigenvalue weighted by Gasteiger charge is -2.22. The summed E-state index contributed by atoms with van der Waals surface area (Å²) in [7, 11) is -3.81. The lowest BCUT2D eigenvalue weighted by atomic mass is 10.1. The van der Waals surface area contributed by atoms with E-state index in [9.17, 15) is 17.6 Å². The second-order valence-corrected chi connectivity index (χ2v) is 9.40. The number of aromatic carboxylic acids is 1. The van der Waals surface area contributed by atoms with E-state index in [4.69, 9.17) is 16.7 Å². The number of benzene rings is 3. The number of rotatable bonds is 9. The number of sulfonamides is 1. The van der Waals surface area contributed by atoms with Crippen LogP contribution in [0.15, 0.2) is 77.7 Å². The van der Waals surface area contributed by atoms with Crippen molar-refractivity contribution in [2.45, 2.75) is 24.3 Å². The number of carboxylic acids is 1. The molecule has 0 atom stereocenters. The number of carboxylic acid groups (broad SMARTS) is 1. The van der Waals surface area contributed by atoms with Crippen molar-refractivity contribution in [3.05, 3.63) is 100 Å². The molecule has 0 aromatic heterocycles. The van der Waals surface area contributed by atoms with E-state index in [1.807, 2.05) is 0 Å². The van der Waals surface area contributed by atoms with Crippen molar-refractivity contribution in [2.24, 2.45) is 0 Å². The van der Waals surface area contributed by atoms with Crippen LogP contribution in [-0.4, -0.2) is 30.3 Å². The average Bonchev–Trinajstić information content (AvgIpc) is 2.75. The SMILES string of the molecule is O=C(O)c1ccc(CN(CCCc2ccc(F)cc2)S(=O)(=O)c2ccc(Cl)cc2)cc1. The van der Waals surface area contributed by atoms with E-state index in [0.717, 1.165) is 5.56 Å². The molecule has 0 saturated heterocycles. The maximum Gasteiger partial charge on any atom is 0.335 e. The van der Waals surface area contributed by atoms with Crippen LogP contribution < -0.4 is 0 Å². The molecule has 31 heavy (non-hydrogen) atoms. The Morgan fingerprint density at radius 2 is 1.48 bits per heavy atom. The Kier molecular flexibility index (Phi) is 7.43. The molecule has 3 rings (SSSR count). The second kappa shape index (κ2) is 10.0. The van der Waals surface area contributed by atoms with Crippen molar-refractivity contribution in [1.29, 1.82) is 0 Å². The molecule has 1 N–H and O–H groups in total. The largest absolute Gasteiger partial charge is 0.478 e. The summed E-state index contributed by atoms with van der Waals surface area (Å²) in [5.74, 6) is -1.36. The molecule has 0 aliphatic heterocycles. The zero-order chi connectivity index (χ0) is 22.4. The number of aryl methyl sites for hydroxylation is 1. The third-order valence-corrected chi connectivity index (χ3v) is 6.91. The fourth-order valence-corrected chi connectivity index (χ4v) is 4.70. The van der Waals surface area contributed by atoms with Gasteiger partial charge in [-0.15, -0.1) is 0 Å². The fourth-order valence-electron chi connectivity index (χ4n) is 3.11. The first-order valence-corrected chi connectivity index (χ1v) is 11.4. The minimum Gasteiger partial charge on any atom is -0.478 e. The molecule has 162 valence electrons. The van der Waals surface area contributed by atoms with Crippen LogP contribution in [0.5, 0.6) is 0 Å². The third-order valence-electron chi connectivity index (χ3n) is 4.80. The Labute approximate surface area is 185 Å². The zero-order valence-corrected chi connectivity index (χ0v) is 18.1. The number of hydrogen-bond acceptors (Lipinski definition) is 3. The van der Waals surface area contributed by atoms with Gasteiger partial charge in [0.25, 0.3) is 0 Å². The summed E-state index contributed by atoms with van der Waals surface area (Å²) in [6.07, 6.45) is 1.12. The van der Waals surface area contributed by atoms with Gasteiger partial charge in [0, 0.05) is 18.1 Å². The quantitative estimate of drug-likeness (QED) is 0.486. The highest BCUT2D eigenvalue weighted by atomic mass is 35.5. The summed E-state index contributed by atoms with van der Waals surface area (Å²) >= 11 is 5.89. The molecule has 3 aromatic rings. The van der Waals surface area contributed by atoms with E-state index >= 15 is 0 Å². The van der Waals surface area contributed by atoms with Crippen LogP contribution in [0.2, 0.25) is 5.02 Å². The second-order valence-electron chi connectivity index (χ2n) is 7.02. The molecule has 8 heteroatoms. The first-order valence-electron chi connectivity index (χ1n) is 9.58. The van der Waals surface area contributed by atoms with Crippen molar-refractivity contribution in [1.82, 2.24) is 4.31 Å². The van der Waals surface area contributed by atoms with Crippen molar-refractivity contribution < 1.29 is 22.7 Å². The van der Waals surface area contributed by atoms with Crippen LogP contribution >= 0.6 is 11.6 Å². The normalized spacial score (nSPS) is 11.6. The van der Waals surface area contributed by atoms with Crippen molar-refractivity contribution in [3.8, 4) is 0 Å². The van der Waals surface area contributed by atoms with Crippen molar-refractivity contribution in [2.75, 3.05) is 6.54 Å². The maximum absolute atomic E-state index is 13.2. The summed E-state index contributed by atoms with van der Waals surface area (Å²) in [4.78, 5) is 11.2. The van der Waals surface area contributed by atoms with E-state index in [-0.39, 0.29) is 29.4 Å². The van der Waals surface area contributed by atoms with E-state index < -0.39 is 16.0 Å². The van der Waals surface area contributed by atoms with Gasteiger partial charge in [-0.1, -0.05) is 35.9 Å². The van der Waals surface area contributed by atoms with Gasteiger partial charge in [-0.25, -0.2) is 17.6 Å².